The van der Waals surface area contributed by atoms with Gasteiger partial charge in [-0.1, -0.05) is 6.58 Å². The zero-order chi connectivity index (χ0) is 17.2. The molecule has 7 nitrogen and oxygen atoms in total. The maximum Gasteiger partial charge on any atom is 0.334 e. The maximum absolute atomic E-state index is 12.1. The summed E-state index contributed by atoms with van der Waals surface area (Å²) in [6.45, 7) is 8.77. The molecule has 9 atom stereocenters. The van der Waals surface area contributed by atoms with Crippen molar-refractivity contribution in [2.24, 2.45) is 11.8 Å². The van der Waals surface area contributed by atoms with Gasteiger partial charge in [0.15, 0.2) is 0 Å². The highest BCUT2D eigenvalue weighted by molar-refractivity contribution is 5.91. The highest BCUT2D eigenvalue weighted by Gasteiger charge is 2.93. The molecule has 24 heavy (non-hydrogen) atoms. The molecule has 2 aliphatic carbocycles. The Morgan fingerprint density at radius 2 is 2.04 bits per heavy atom. The zero-order valence-corrected chi connectivity index (χ0v) is 13.8. The molecular weight excluding hydrogens is 316 g/mol. The fraction of sp³-hybridized carbons (Fsp3) is 0.765. The Kier molecular flexibility index (Phi) is 2.39. The van der Waals surface area contributed by atoms with E-state index >= 15 is 0 Å². The SMILES string of the molecule is C=C1C(=O)O[C@@H]2C1C[C@@H](OC(C)=O)[C@@](C)(O)[C@@]13O[C@@H]1[C@@H]1O[C@]1(C)[C@H]23. The first-order valence-corrected chi connectivity index (χ1v) is 8.29. The molecule has 0 radical (unpaired) electrons. The first-order chi connectivity index (χ1) is 11.1. The summed E-state index contributed by atoms with van der Waals surface area (Å²) in [4.78, 5) is 23.7. The van der Waals surface area contributed by atoms with Crippen molar-refractivity contribution in [3.63, 3.8) is 0 Å². The highest BCUT2D eigenvalue weighted by atomic mass is 16.7. The Morgan fingerprint density at radius 3 is 2.71 bits per heavy atom. The van der Waals surface area contributed by atoms with Crippen LogP contribution in [0.2, 0.25) is 0 Å². The molecule has 5 aliphatic rings. The molecule has 7 heteroatoms. The van der Waals surface area contributed by atoms with Crippen LogP contribution in [0.5, 0.6) is 0 Å². The summed E-state index contributed by atoms with van der Waals surface area (Å²) >= 11 is 0. The second-order valence-corrected chi connectivity index (χ2v) is 8.01. The number of hydrogen-bond acceptors (Lipinski definition) is 7. The summed E-state index contributed by atoms with van der Waals surface area (Å²) in [5.74, 6) is -1.57. The number of rotatable bonds is 1. The Bertz CT molecular complexity index is 699. The van der Waals surface area contributed by atoms with E-state index in [0.29, 0.717) is 5.57 Å². The van der Waals surface area contributed by atoms with E-state index in [2.05, 4.69) is 6.58 Å². The number of ether oxygens (including phenoxy) is 4. The quantitative estimate of drug-likeness (QED) is 0.412. The molecule has 0 amide bonds. The number of epoxide rings is 2. The number of fused-ring (bicyclic) bond motifs is 5. The molecule has 3 saturated heterocycles. The van der Waals surface area contributed by atoms with Crippen LogP contribution in [0.25, 0.3) is 0 Å². The van der Waals surface area contributed by atoms with Gasteiger partial charge in [-0.15, -0.1) is 0 Å². The van der Waals surface area contributed by atoms with Crippen molar-refractivity contribution in [2.45, 2.75) is 68.4 Å². The van der Waals surface area contributed by atoms with Crippen molar-refractivity contribution in [1.82, 2.24) is 0 Å². The van der Waals surface area contributed by atoms with Gasteiger partial charge in [0, 0.05) is 18.4 Å². The van der Waals surface area contributed by atoms with Crippen LogP contribution in [0, 0.1) is 11.8 Å². The third kappa shape index (κ3) is 1.38. The largest absolute Gasteiger partial charge is 0.459 e. The van der Waals surface area contributed by atoms with Crippen molar-refractivity contribution >= 4 is 11.9 Å². The molecule has 0 aromatic heterocycles. The number of hydrogen-bond donors (Lipinski definition) is 1. The Hall–Kier alpha value is -1.44. The summed E-state index contributed by atoms with van der Waals surface area (Å²) in [7, 11) is 0. The summed E-state index contributed by atoms with van der Waals surface area (Å²) < 4.78 is 22.9. The molecule has 0 aromatic rings. The average molecular weight is 336 g/mol. The summed E-state index contributed by atoms with van der Waals surface area (Å²) in [5.41, 5.74) is -2.46. The molecule has 5 fully saturated rings. The van der Waals surface area contributed by atoms with Gasteiger partial charge in [0.1, 0.15) is 41.2 Å². The van der Waals surface area contributed by atoms with Crippen LogP contribution >= 0.6 is 0 Å². The Labute approximate surface area is 138 Å². The van der Waals surface area contributed by atoms with Gasteiger partial charge in [-0.2, -0.15) is 0 Å². The molecule has 5 rings (SSSR count). The van der Waals surface area contributed by atoms with Crippen molar-refractivity contribution in [1.29, 1.82) is 0 Å². The topological polar surface area (TPSA) is 97.9 Å². The van der Waals surface area contributed by atoms with Gasteiger partial charge in [0.25, 0.3) is 0 Å². The predicted molar refractivity (Wildman–Crippen MR) is 77.7 cm³/mol. The first kappa shape index (κ1) is 14.9. The fourth-order valence-corrected chi connectivity index (χ4v) is 5.57. The molecule has 130 valence electrons. The van der Waals surface area contributed by atoms with E-state index < -0.39 is 40.9 Å². The minimum absolute atomic E-state index is 0.127. The molecule has 1 unspecified atom stereocenters. The van der Waals surface area contributed by atoms with Crippen LogP contribution in [0.1, 0.15) is 27.2 Å². The number of aliphatic hydroxyl groups is 1. The van der Waals surface area contributed by atoms with Gasteiger partial charge in [-0.25, -0.2) is 4.79 Å². The summed E-state index contributed by atoms with van der Waals surface area (Å²) in [6.07, 6.45) is -1.41. The summed E-state index contributed by atoms with van der Waals surface area (Å²) in [5, 5.41) is 11.4. The first-order valence-electron chi connectivity index (χ1n) is 8.29. The van der Waals surface area contributed by atoms with Gasteiger partial charge < -0.3 is 24.1 Å². The van der Waals surface area contributed by atoms with E-state index in [4.69, 9.17) is 18.9 Å². The molecule has 1 N–H and O–H groups in total. The molecule has 3 aliphatic heterocycles. The van der Waals surface area contributed by atoms with Crippen LogP contribution in [0.4, 0.5) is 0 Å². The second kappa shape index (κ2) is 3.86. The third-order valence-corrected chi connectivity index (χ3v) is 6.80. The third-order valence-electron chi connectivity index (χ3n) is 6.80. The van der Waals surface area contributed by atoms with Crippen molar-refractivity contribution in [2.75, 3.05) is 0 Å². The Morgan fingerprint density at radius 1 is 1.33 bits per heavy atom. The number of carbonyl (C=O) groups excluding carboxylic acids is 2. The average Bonchev–Trinajstić information content (AvgIpc) is 3.33. The monoisotopic (exact) mass is 336 g/mol. The van der Waals surface area contributed by atoms with E-state index in [1.807, 2.05) is 6.92 Å². The lowest BCUT2D eigenvalue weighted by atomic mass is 9.73. The predicted octanol–water partition coefficient (Wildman–Crippen LogP) is 0.0955. The maximum atomic E-state index is 12.1. The van der Waals surface area contributed by atoms with Crippen molar-refractivity contribution in [3.8, 4) is 0 Å². The van der Waals surface area contributed by atoms with Gasteiger partial charge in [0.05, 0.1) is 5.92 Å². The van der Waals surface area contributed by atoms with Crippen LogP contribution in [0.15, 0.2) is 12.2 Å². The minimum Gasteiger partial charge on any atom is -0.459 e. The van der Waals surface area contributed by atoms with E-state index in [-0.39, 0.29) is 30.5 Å². The van der Waals surface area contributed by atoms with Crippen LogP contribution < -0.4 is 0 Å². The number of carbonyl (C=O) groups is 2. The second-order valence-electron chi connectivity index (χ2n) is 8.01. The molecular formula is C17H20O7. The molecule has 0 bridgehead atoms. The highest BCUT2D eigenvalue weighted by Crippen LogP contribution is 2.75. The lowest BCUT2D eigenvalue weighted by Crippen LogP contribution is -2.58. The molecule has 2 saturated carbocycles. The lowest BCUT2D eigenvalue weighted by molar-refractivity contribution is -0.177. The van der Waals surface area contributed by atoms with Crippen LogP contribution in [-0.4, -0.2) is 58.3 Å². The van der Waals surface area contributed by atoms with Crippen LogP contribution in [-0.2, 0) is 28.5 Å². The van der Waals surface area contributed by atoms with Crippen molar-refractivity contribution < 1.29 is 33.6 Å². The minimum atomic E-state index is -1.40. The Balaban J connectivity index is 1.65. The summed E-state index contributed by atoms with van der Waals surface area (Å²) in [6, 6.07) is 0. The standard InChI is InChI=1S/C17H20O7/c1-6-8-5-9(21-7(2)18)16(4,20)17-11(10(8)22-14(6)19)15(3)12(23-15)13(17)24-17/h8-13,20H,1,5H2,2-4H3/t8?,9-,10-,11+,12+,13-,15-,16-,17+/m1/s1. The normalized spacial score (nSPS) is 59.5. The van der Waals surface area contributed by atoms with E-state index in [1.54, 1.807) is 6.92 Å². The molecule has 3 heterocycles. The van der Waals surface area contributed by atoms with E-state index in [9.17, 15) is 14.7 Å². The van der Waals surface area contributed by atoms with E-state index in [1.165, 1.54) is 6.92 Å². The molecule has 0 aromatic carbocycles. The molecule has 1 spiro atoms. The smallest absolute Gasteiger partial charge is 0.334 e. The number of esters is 2. The fourth-order valence-electron chi connectivity index (χ4n) is 5.57. The zero-order valence-electron chi connectivity index (χ0n) is 13.8. The van der Waals surface area contributed by atoms with Gasteiger partial charge in [-0.3, -0.25) is 4.79 Å². The lowest BCUT2D eigenvalue weighted by Gasteiger charge is -2.39. The van der Waals surface area contributed by atoms with Crippen LogP contribution in [0.3, 0.4) is 0 Å². The van der Waals surface area contributed by atoms with Gasteiger partial charge in [-0.05, 0) is 20.3 Å². The van der Waals surface area contributed by atoms with E-state index in [0.717, 1.165) is 0 Å². The van der Waals surface area contributed by atoms with Gasteiger partial charge >= 0.3 is 11.9 Å². The van der Waals surface area contributed by atoms with Crippen molar-refractivity contribution in [3.05, 3.63) is 12.2 Å². The van der Waals surface area contributed by atoms with Gasteiger partial charge in [0.2, 0.25) is 0 Å².